The van der Waals surface area contributed by atoms with E-state index in [1.165, 1.54) is 22.3 Å². The molecular formula is C18H19NO2. The Morgan fingerprint density at radius 3 is 2.71 bits per heavy atom. The SMILES string of the molecule is CCCC(Nc1ccc2c(c1)Cc1ccccc1-2)C(=O)O. The van der Waals surface area contributed by atoms with E-state index < -0.39 is 12.0 Å². The Morgan fingerprint density at radius 2 is 1.95 bits per heavy atom. The molecule has 0 spiro atoms. The minimum absolute atomic E-state index is 0.517. The fourth-order valence-electron chi connectivity index (χ4n) is 2.98. The smallest absolute Gasteiger partial charge is 0.326 e. The topological polar surface area (TPSA) is 49.3 Å². The number of nitrogens with one attached hydrogen (secondary N) is 1. The van der Waals surface area contributed by atoms with Gasteiger partial charge in [0.2, 0.25) is 0 Å². The number of benzene rings is 2. The van der Waals surface area contributed by atoms with E-state index in [-0.39, 0.29) is 0 Å². The van der Waals surface area contributed by atoms with E-state index in [1.54, 1.807) is 0 Å². The number of carboxylic acids is 1. The van der Waals surface area contributed by atoms with E-state index >= 15 is 0 Å². The minimum atomic E-state index is -0.791. The highest BCUT2D eigenvalue weighted by Crippen LogP contribution is 2.37. The maximum absolute atomic E-state index is 11.2. The second-order valence-electron chi connectivity index (χ2n) is 5.53. The molecular weight excluding hydrogens is 262 g/mol. The van der Waals surface area contributed by atoms with Crippen molar-refractivity contribution >= 4 is 11.7 Å². The molecule has 2 N–H and O–H groups in total. The van der Waals surface area contributed by atoms with Crippen LogP contribution in [0.25, 0.3) is 11.1 Å². The van der Waals surface area contributed by atoms with Crippen molar-refractivity contribution in [1.29, 1.82) is 0 Å². The number of fused-ring (bicyclic) bond motifs is 3. The highest BCUT2D eigenvalue weighted by Gasteiger charge is 2.20. The number of hydrogen-bond donors (Lipinski definition) is 2. The standard InChI is InChI=1S/C18H19NO2/c1-2-5-17(18(20)21)19-14-8-9-16-13(11-14)10-12-6-3-4-7-15(12)16/h3-4,6-9,11,17,19H,2,5,10H2,1H3,(H,20,21). The molecule has 3 heteroatoms. The first-order chi connectivity index (χ1) is 10.2. The van der Waals surface area contributed by atoms with Crippen molar-refractivity contribution in [1.82, 2.24) is 0 Å². The molecule has 2 aromatic carbocycles. The summed E-state index contributed by atoms with van der Waals surface area (Å²) in [5.74, 6) is -0.791. The highest BCUT2D eigenvalue weighted by molar-refractivity contribution is 5.80. The van der Waals surface area contributed by atoms with Crippen molar-refractivity contribution < 1.29 is 9.90 Å². The van der Waals surface area contributed by atoms with Crippen molar-refractivity contribution in [2.45, 2.75) is 32.2 Å². The first kappa shape index (κ1) is 13.7. The second kappa shape index (κ2) is 5.60. The maximum Gasteiger partial charge on any atom is 0.326 e. The van der Waals surface area contributed by atoms with Crippen molar-refractivity contribution in [2.75, 3.05) is 5.32 Å². The molecule has 0 saturated heterocycles. The van der Waals surface area contributed by atoms with Gasteiger partial charge in [0.15, 0.2) is 0 Å². The molecule has 0 aromatic heterocycles. The number of aliphatic carboxylic acids is 1. The van der Waals surface area contributed by atoms with Crippen LogP contribution in [0.3, 0.4) is 0 Å². The van der Waals surface area contributed by atoms with E-state index in [0.29, 0.717) is 6.42 Å². The highest BCUT2D eigenvalue weighted by atomic mass is 16.4. The van der Waals surface area contributed by atoms with E-state index in [1.807, 2.05) is 13.0 Å². The van der Waals surface area contributed by atoms with Crippen LogP contribution in [0.4, 0.5) is 5.69 Å². The van der Waals surface area contributed by atoms with Crippen LogP contribution >= 0.6 is 0 Å². The quantitative estimate of drug-likeness (QED) is 0.745. The lowest BCUT2D eigenvalue weighted by Crippen LogP contribution is -2.28. The number of hydrogen-bond acceptors (Lipinski definition) is 2. The molecule has 0 amide bonds. The van der Waals surface area contributed by atoms with E-state index in [0.717, 1.165) is 18.5 Å². The third-order valence-electron chi connectivity index (χ3n) is 4.01. The maximum atomic E-state index is 11.2. The molecule has 0 saturated carbocycles. The molecule has 1 aliphatic rings. The summed E-state index contributed by atoms with van der Waals surface area (Å²) < 4.78 is 0. The molecule has 0 bridgehead atoms. The van der Waals surface area contributed by atoms with Crippen molar-refractivity contribution in [3.05, 3.63) is 53.6 Å². The predicted molar refractivity (Wildman–Crippen MR) is 84.6 cm³/mol. The third-order valence-corrected chi connectivity index (χ3v) is 4.01. The van der Waals surface area contributed by atoms with Gasteiger partial charge in [-0.1, -0.05) is 43.7 Å². The van der Waals surface area contributed by atoms with Crippen LogP contribution in [0.15, 0.2) is 42.5 Å². The first-order valence-corrected chi connectivity index (χ1v) is 7.39. The second-order valence-corrected chi connectivity index (χ2v) is 5.53. The van der Waals surface area contributed by atoms with Crippen LogP contribution in [0.2, 0.25) is 0 Å². The van der Waals surface area contributed by atoms with Gasteiger partial charge >= 0.3 is 5.97 Å². The Labute approximate surface area is 124 Å². The molecule has 0 heterocycles. The zero-order valence-electron chi connectivity index (χ0n) is 12.1. The normalized spacial score (nSPS) is 13.4. The van der Waals surface area contributed by atoms with Crippen molar-refractivity contribution in [2.24, 2.45) is 0 Å². The van der Waals surface area contributed by atoms with Crippen LogP contribution < -0.4 is 5.32 Å². The van der Waals surface area contributed by atoms with Gasteiger partial charge in [-0.3, -0.25) is 0 Å². The summed E-state index contributed by atoms with van der Waals surface area (Å²) in [4.78, 5) is 11.2. The van der Waals surface area contributed by atoms with Crippen LogP contribution in [0, 0.1) is 0 Å². The molecule has 3 rings (SSSR count). The number of carboxylic acid groups (broad SMARTS) is 1. The summed E-state index contributed by atoms with van der Waals surface area (Å²) in [6.45, 7) is 2.00. The Bertz CT molecular complexity index is 679. The molecule has 3 nitrogen and oxygen atoms in total. The van der Waals surface area contributed by atoms with Gasteiger partial charge in [0.05, 0.1) is 0 Å². The summed E-state index contributed by atoms with van der Waals surface area (Å²) in [7, 11) is 0. The summed E-state index contributed by atoms with van der Waals surface area (Å²) in [5.41, 5.74) is 6.05. The summed E-state index contributed by atoms with van der Waals surface area (Å²) >= 11 is 0. The lowest BCUT2D eigenvalue weighted by Gasteiger charge is -2.15. The Morgan fingerprint density at radius 1 is 1.19 bits per heavy atom. The Hall–Kier alpha value is -2.29. The van der Waals surface area contributed by atoms with Gasteiger partial charge in [-0.05, 0) is 47.2 Å². The fourth-order valence-corrected chi connectivity index (χ4v) is 2.98. The molecule has 1 atom stereocenters. The first-order valence-electron chi connectivity index (χ1n) is 7.39. The average molecular weight is 281 g/mol. The van der Waals surface area contributed by atoms with E-state index in [2.05, 4.69) is 41.7 Å². The van der Waals surface area contributed by atoms with Gasteiger partial charge in [0, 0.05) is 5.69 Å². The third kappa shape index (κ3) is 2.64. The molecule has 1 aliphatic carbocycles. The van der Waals surface area contributed by atoms with Gasteiger partial charge in [-0.2, -0.15) is 0 Å². The molecule has 21 heavy (non-hydrogen) atoms. The lowest BCUT2D eigenvalue weighted by atomic mass is 10.0. The number of anilines is 1. The van der Waals surface area contributed by atoms with Gasteiger partial charge < -0.3 is 10.4 Å². The molecule has 2 aromatic rings. The Balaban J connectivity index is 1.85. The monoisotopic (exact) mass is 281 g/mol. The van der Waals surface area contributed by atoms with Crippen LogP contribution in [-0.2, 0) is 11.2 Å². The van der Waals surface area contributed by atoms with Crippen LogP contribution in [0.5, 0.6) is 0 Å². The van der Waals surface area contributed by atoms with Gasteiger partial charge in [-0.15, -0.1) is 0 Å². The average Bonchev–Trinajstić information content (AvgIpc) is 2.84. The molecule has 0 fully saturated rings. The van der Waals surface area contributed by atoms with Crippen LogP contribution in [0.1, 0.15) is 30.9 Å². The minimum Gasteiger partial charge on any atom is -0.480 e. The Kier molecular flexibility index (Phi) is 3.65. The van der Waals surface area contributed by atoms with E-state index in [4.69, 9.17) is 0 Å². The number of rotatable bonds is 5. The van der Waals surface area contributed by atoms with Gasteiger partial charge in [-0.25, -0.2) is 4.79 Å². The largest absolute Gasteiger partial charge is 0.480 e. The summed E-state index contributed by atoms with van der Waals surface area (Å²) in [5, 5.41) is 12.4. The lowest BCUT2D eigenvalue weighted by molar-refractivity contribution is -0.138. The zero-order valence-corrected chi connectivity index (χ0v) is 12.1. The summed E-state index contributed by atoms with van der Waals surface area (Å²) in [6, 6.07) is 14.1. The summed E-state index contributed by atoms with van der Waals surface area (Å²) in [6.07, 6.45) is 2.40. The predicted octanol–water partition coefficient (Wildman–Crippen LogP) is 3.92. The molecule has 1 unspecified atom stereocenters. The van der Waals surface area contributed by atoms with Crippen molar-refractivity contribution in [3.8, 4) is 11.1 Å². The number of carbonyl (C=O) groups is 1. The zero-order chi connectivity index (χ0) is 14.8. The molecule has 108 valence electrons. The van der Waals surface area contributed by atoms with Gasteiger partial charge in [0.25, 0.3) is 0 Å². The van der Waals surface area contributed by atoms with Crippen LogP contribution in [-0.4, -0.2) is 17.1 Å². The van der Waals surface area contributed by atoms with E-state index in [9.17, 15) is 9.90 Å². The van der Waals surface area contributed by atoms with Gasteiger partial charge in [0.1, 0.15) is 6.04 Å². The molecule has 0 aliphatic heterocycles. The van der Waals surface area contributed by atoms with Crippen molar-refractivity contribution in [3.63, 3.8) is 0 Å². The fraction of sp³-hybridized carbons (Fsp3) is 0.278. The molecule has 0 radical (unpaired) electrons.